The van der Waals surface area contributed by atoms with Crippen molar-refractivity contribution in [3.63, 3.8) is 0 Å². The predicted octanol–water partition coefficient (Wildman–Crippen LogP) is -0.0578. The molecule has 1 fully saturated rings. The number of thioether (sulfide) groups is 1. The molecular formula is C7H14N2OS. The van der Waals surface area contributed by atoms with Gasteiger partial charge in [0.15, 0.2) is 0 Å². The molecule has 0 bridgehead atoms. The van der Waals surface area contributed by atoms with Gasteiger partial charge in [0.1, 0.15) is 0 Å². The van der Waals surface area contributed by atoms with Crippen LogP contribution in [0.4, 0.5) is 0 Å². The lowest BCUT2D eigenvalue weighted by atomic mass is 9.86. The van der Waals surface area contributed by atoms with E-state index in [9.17, 15) is 4.79 Å². The zero-order chi connectivity index (χ0) is 8.48. The Morgan fingerprint density at radius 1 is 1.82 bits per heavy atom. The highest BCUT2D eigenvalue weighted by atomic mass is 32.2. The molecule has 2 atom stereocenters. The van der Waals surface area contributed by atoms with Crippen molar-refractivity contribution < 1.29 is 4.79 Å². The fourth-order valence-electron chi connectivity index (χ4n) is 1.28. The standard InChI is InChI=1S/C7H14N2OS/c1-5-3-11-4-7(5,9)2-6(8)10/h5H,2-4,9H2,1H3,(H2,8,10). The summed E-state index contributed by atoms with van der Waals surface area (Å²) in [5.74, 6) is 2.02. The zero-order valence-corrected chi connectivity index (χ0v) is 7.49. The summed E-state index contributed by atoms with van der Waals surface area (Å²) in [6, 6.07) is 0. The highest BCUT2D eigenvalue weighted by Crippen LogP contribution is 2.33. The van der Waals surface area contributed by atoms with Crippen molar-refractivity contribution in [3.8, 4) is 0 Å². The molecule has 64 valence electrons. The first-order chi connectivity index (χ1) is 5.04. The quantitative estimate of drug-likeness (QED) is 0.616. The minimum Gasteiger partial charge on any atom is -0.370 e. The van der Waals surface area contributed by atoms with Crippen LogP contribution in [0.1, 0.15) is 13.3 Å². The van der Waals surface area contributed by atoms with Gasteiger partial charge in [0.05, 0.1) is 0 Å². The van der Waals surface area contributed by atoms with Crippen LogP contribution in [0.2, 0.25) is 0 Å². The minimum absolute atomic E-state index is 0.290. The SMILES string of the molecule is CC1CSCC1(N)CC(N)=O. The first-order valence-electron chi connectivity index (χ1n) is 3.69. The molecule has 11 heavy (non-hydrogen) atoms. The molecule has 0 saturated carbocycles. The van der Waals surface area contributed by atoms with Gasteiger partial charge in [-0.3, -0.25) is 4.79 Å². The van der Waals surface area contributed by atoms with E-state index in [1.807, 2.05) is 0 Å². The van der Waals surface area contributed by atoms with E-state index < -0.39 is 0 Å². The van der Waals surface area contributed by atoms with Crippen LogP contribution in [0.3, 0.4) is 0 Å². The van der Waals surface area contributed by atoms with Crippen molar-refractivity contribution >= 4 is 17.7 Å². The molecule has 1 aliphatic rings. The molecule has 0 aliphatic carbocycles. The van der Waals surface area contributed by atoms with Gasteiger partial charge < -0.3 is 11.5 Å². The van der Waals surface area contributed by atoms with E-state index in [0.717, 1.165) is 11.5 Å². The zero-order valence-electron chi connectivity index (χ0n) is 6.67. The summed E-state index contributed by atoms with van der Waals surface area (Å²) in [6.07, 6.45) is 0.321. The second-order valence-corrected chi connectivity index (χ2v) is 4.32. The maximum absolute atomic E-state index is 10.6. The predicted molar refractivity (Wildman–Crippen MR) is 47.2 cm³/mol. The van der Waals surface area contributed by atoms with Crippen molar-refractivity contribution in [3.05, 3.63) is 0 Å². The molecule has 1 amide bonds. The third-order valence-corrected chi connectivity index (χ3v) is 3.70. The summed E-state index contributed by atoms with van der Waals surface area (Å²) in [7, 11) is 0. The van der Waals surface area contributed by atoms with Crippen LogP contribution in [0.15, 0.2) is 0 Å². The van der Waals surface area contributed by atoms with Gasteiger partial charge in [0.25, 0.3) is 0 Å². The molecule has 1 rings (SSSR count). The van der Waals surface area contributed by atoms with Crippen molar-refractivity contribution in [2.24, 2.45) is 17.4 Å². The molecule has 4 N–H and O–H groups in total. The lowest BCUT2D eigenvalue weighted by molar-refractivity contribution is -0.119. The summed E-state index contributed by atoms with van der Waals surface area (Å²) < 4.78 is 0. The maximum atomic E-state index is 10.6. The summed E-state index contributed by atoms with van der Waals surface area (Å²) in [5, 5.41) is 0. The molecule has 0 aromatic rings. The van der Waals surface area contributed by atoms with E-state index in [2.05, 4.69) is 6.92 Å². The van der Waals surface area contributed by atoms with Crippen molar-refractivity contribution in [2.45, 2.75) is 18.9 Å². The van der Waals surface area contributed by atoms with E-state index in [0.29, 0.717) is 12.3 Å². The van der Waals surface area contributed by atoms with Crippen LogP contribution in [-0.4, -0.2) is 23.0 Å². The molecule has 2 unspecified atom stereocenters. The van der Waals surface area contributed by atoms with Gasteiger partial charge in [-0.15, -0.1) is 0 Å². The Hall–Kier alpha value is -0.220. The van der Waals surface area contributed by atoms with Gasteiger partial charge >= 0.3 is 0 Å². The molecule has 0 aromatic heterocycles. The molecule has 3 nitrogen and oxygen atoms in total. The van der Waals surface area contributed by atoms with Crippen LogP contribution >= 0.6 is 11.8 Å². The maximum Gasteiger partial charge on any atom is 0.219 e. The number of nitrogens with two attached hydrogens (primary N) is 2. The van der Waals surface area contributed by atoms with Gasteiger partial charge in [-0.25, -0.2) is 0 Å². The molecule has 1 saturated heterocycles. The minimum atomic E-state index is -0.337. The first-order valence-corrected chi connectivity index (χ1v) is 4.85. The van der Waals surface area contributed by atoms with E-state index in [-0.39, 0.29) is 11.4 Å². The topological polar surface area (TPSA) is 69.1 Å². The normalized spacial score (nSPS) is 37.5. The number of rotatable bonds is 2. The summed E-state index contributed by atoms with van der Waals surface area (Å²) in [6.45, 7) is 2.07. The van der Waals surface area contributed by atoms with Crippen LogP contribution in [-0.2, 0) is 4.79 Å². The van der Waals surface area contributed by atoms with Gasteiger partial charge in [-0.05, 0) is 11.7 Å². The molecule has 0 radical (unpaired) electrons. The average molecular weight is 174 g/mol. The van der Waals surface area contributed by atoms with Gasteiger partial charge in [-0.1, -0.05) is 6.92 Å². The number of hydrogen-bond donors (Lipinski definition) is 2. The molecular weight excluding hydrogens is 160 g/mol. The third kappa shape index (κ3) is 1.87. The Morgan fingerprint density at radius 2 is 2.45 bits per heavy atom. The Kier molecular flexibility index (Phi) is 2.44. The Balaban J connectivity index is 2.58. The van der Waals surface area contributed by atoms with Crippen LogP contribution < -0.4 is 11.5 Å². The lowest BCUT2D eigenvalue weighted by Crippen LogP contribution is -2.48. The second-order valence-electron chi connectivity index (χ2n) is 3.29. The second kappa shape index (κ2) is 3.03. The number of carbonyl (C=O) groups is 1. The molecule has 1 heterocycles. The van der Waals surface area contributed by atoms with Crippen molar-refractivity contribution in [2.75, 3.05) is 11.5 Å². The van der Waals surface area contributed by atoms with Crippen molar-refractivity contribution in [1.29, 1.82) is 0 Å². The van der Waals surface area contributed by atoms with Crippen molar-refractivity contribution in [1.82, 2.24) is 0 Å². The number of primary amides is 1. The van der Waals surface area contributed by atoms with E-state index in [4.69, 9.17) is 11.5 Å². The molecule has 4 heteroatoms. The largest absolute Gasteiger partial charge is 0.370 e. The smallest absolute Gasteiger partial charge is 0.219 e. The molecule has 0 aromatic carbocycles. The van der Waals surface area contributed by atoms with Crippen LogP contribution in [0, 0.1) is 5.92 Å². The Morgan fingerprint density at radius 3 is 2.82 bits per heavy atom. The van der Waals surface area contributed by atoms with Crippen LogP contribution in [0.25, 0.3) is 0 Å². The highest BCUT2D eigenvalue weighted by Gasteiger charge is 2.38. The summed E-state index contributed by atoms with van der Waals surface area (Å²) in [4.78, 5) is 10.6. The first kappa shape index (κ1) is 8.87. The van der Waals surface area contributed by atoms with Crippen LogP contribution in [0.5, 0.6) is 0 Å². The van der Waals surface area contributed by atoms with E-state index >= 15 is 0 Å². The molecule has 0 spiro atoms. The number of amides is 1. The Bertz CT molecular complexity index is 174. The monoisotopic (exact) mass is 174 g/mol. The van der Waals surface area contributed by atoms with Gasteiger partial charge in [0, 0.05) is 17.7 Å². The number of hydrogen-bond acceptors (Lipinski definition) is 3. The Labute approximate surface area is 70.9 Å². The van der Waals surface area contributed by atoms with Gasteiger partial charge in [-0.2, -0.15) is 11.8 Å². The fraction of sp³-hybridized carbons (Fsp3) is 0.857. The summed E-state index contributed by atoms with van der Waals surface area (Å²) in [5.41, 5.74) is 10.7. The molecule has 1 aliphatic heterocycles. The summed E-state index contributed by atoms with van der Waals surface area (Å²) >= 11 is 1.80. The average Bonchev–Trinajstić information content (AvgIpc) is 2.11. The third-order valence-electron chi connectivity index (χ3n) is 2.22. The fourth-order valence-corrected chi connectivity index (χ4v) is 2.85. The number of carbonyl (C=O) groups excluding carboxylic acids is 1. The highest BCUT2D eigenvalue weighted by molar-refractivity contribution is 7.99. The van der Waals surface area contributed by atoms with Gasteiger partial charge in [0.2, 0.25) is 5.91 Å². The van der Waals surface area contributed by atoms with E-state index in [1.54, 1.807) is 11.8 Å². The lowest BCUT2D eigenvalue weighted by Gasteiger charge is -2.26. The van der Waals surface area contributed by atoms with E-state index in [1.165, 1.54) is 0 Å².